The maximum Gasteiger partial charge on any atom is 0.240 e. The molecule has 0 bridgehead atoms. The van der Waals surface area contributed by atoms with Crippen LogP contribution in [0.25, 0.3) is 0 Å². The van der Waals surface area contributed by atoms with Crippen molar-refractivity contribution < 1.29 is 8.42 Å². The summed E-state index contributed by atoms with van der Waals surface area (Å²) in [6.07, 6.45) is 2.45. The van der Waals surface area contributed by atoms with E-state index in [1.807, 2.05) is 14.0 Å². The normalized spacial score (nSPS) is 17.4. The zero-order valence-corrected chi connectivity index (χ0v) is 12.9. The Bertz CT molecular complexity index is 536. The highest BCUT2D eigenvalue weighted by Gasteiger charge is 2.25. The van der Waals surface area contributed by atoms with Gasteiger partial charge in [0.2, 0.25) is 10.0 Å². The molecule has 1 atom stereocenters. The first-order valence-corrected chi connectivity index (χ1v) is 8.44. The van der Waals surface area contributed by atoms with Crippen LogP contribution in [0.15, 0.2) is 29.2 Å². The molecule has 20 heavy (non-hydrogen) atoms. The maximum atomic E-state index is 12.1. The summed E-state index contributed by atoms with van der Waals surface area (Å²) in [6, 6.07) is 7.28. The highest BCUT2D eigenvalue weighted by Crippen LogP contribution is 2.24. The molecule has 6 heteroatoms. The molecule has 112 valence electrons. The molecule has 1 fully saturated rings. The van der Waals surface area contributed by atoms with Gasteiger partial charge in [0.15, 0.2) is 0 Å². The van der Waals surface area contributed by atoms with E-state index >= 15 is 0 Å². The first-order valence-electron chi connectivity index (χ1n) is 6.95. The van der Waals surface area contributed by atoms with Crippen molar-refractivity contribution in [3.8, 4) is 0 Å². The van der Waals surface area contributed by atoms with Gasteiger partial charge in [0.25, 0.3) is 0 Å². The third kappa shape index (κ3) is 4.02. The quantitative estimate of drug-likeness (QED) is 0.789. The van der Waals surface area contributed by atoms with E-state index in [2.05, 4.69) is 9.62 Å². The molecule has 0 aromatic heterocycles. The van der Waals surface area contributed by atoms with Crippen LogP contribution >= 0.6 is 0 Å². The Morgan fingerprint density at radius 2 is 1.95 bits per heavy atom. The molecule has 1 aromatic rings. The van der Waals surface area contributed by atoms with E-state index in [-0.39, 0.29) is 10.9 Å². The highest BCUT2D eigenvalue weighted by molar-refractivity contribution is 7.89. The fraction of sp³-hybridized carbons (Fsp3) is 0.571. The van der Waals surface area contributed by atoms with Gasteiger partial charge in [0.1, 0.15) is 0 Å². The van der Waals surface area contributed by atoms with Gasteiger partial charge in [-0.05, 0) is 44.5 Å². The molecule has 1 saturated carbocycles. The Morgan fingerprint density at radius 3 is 2.45 bits per heavy atom. The van der Waals surface area contributed by atoms with Gasteiger partial charge in [-0.25, -0.2) is 13.1 Å². The van der Waals surface area contributed by atoms with Crippen molar-refractivity contribution in [1.82, 2.24) is 9.62 Å². The predicted octanol–water partition coefficient (Wildman–Crippen LogP) is 1.08. The molecule has 1 unspecified atom stereocenters. The standard InChI is InChI=1S/C14H23N3O2S/c1-11(15)12-3-7-14(8-4-12)20(18,19)16-9-10-17(2)13-5-6-13/h3-4,7-8,11,13,16H,5-6,9-10,15H2,1-2H3. The van der Waals surface area contributed by atoms with Crippen LogP contribution in [0.3, 0.4) is 0 Å². The Hall–Kier alpha value is -0.950. The van der Waals surface area contributed by atoms with Gasteiger partial charge in [0, 0.05) is 25.2 Å². The summed E-state index contributed by atoms with van der Waals surface area (Å²) in [5.74, 6) is 0. The van der Waals surface area contributed by atoms with Crippen LogP contribution in [-0.4, -0.2) is 39.5 Å². The number of nitrogens with zero attached hydrogens (tertiary/aromatic N) is 1. The number of rotatable bonds is 7. The molecule has 0 radical (unpaired) electrons. The molecular weight excluding hydrogens is 274 g/mol. The Labute approximate surface area is 121 Å². The third-order valence-corrected chi connectivity index (χ3v) is 5.12. The minimum Gasteiger partial charge on any atom is -0.324 e. The van der Waals surface area contributed by atoms with E-state index in [1.165, 1.54) is 12.8 Å². The van der Waals surface area contributed by atoms with Crippen molar-refractivity contribution in [2.24, 2.45) is 5.73 Å². The second-order valence-electron chi connectivity index (χ2n) is 5.47. The summed E-state index contributed by atoms with van der Waals surface area (Å²) in [4.78, 5) is 2.48. The molecule has 0 amide bonds. The minimum atomic E-state index is -3.42. The lowest BCUT2D eigenvalue weighted by atomic mass is 10.1. The highest BCUT2D eigenvalue weighted by atomic mass is 32.2. The van der Waals surface area contributed by atoms with Gasteiger partial charge < -0.3 is 10.6 Å². The molecule has 1 aliphatic rings. The van der Waals surface area contributed by atoms with Crippen LogP contribution in [0.2, 0.25) is 0 Å². The fourth-order valence-corrected chi connectivity index (χ4v) is 3.11. The van der Waals surface area contributed by atoms with Crippen LogP contribution in [0, 0.1) is 0 Å². The van der Waals surface area contributed by atoms with Crippen molar-refractivity contribution in [2.75, 3.05) is 20.1 Å². The van der Waals surface area contributed by atoms with Gasteiger partial charge in [-0.3, -0.25) is 0 Å². The van der Waals surface area contributed by atoms with Crippen LogP contribution in [-0.2, 0) is 10.0 Å². The molecule has 3 N–H and O–H groups in total. The van der Waals surface area contributed by atoms with Gasteiger partial charge in [-0.2, -0.15) is 0 Å². The lowest BCUT2D eigenvalue weighted by Crippen LogP contribution is -2.34. The average molecular weight is 297 g/mol. The largest absolute Gasteiger partial charge is 0.324 e. The Morgan fingerprint density at radius 1 is 1.35 bits per heavy atom. The number of sulfonamides is 1. The van der Waals surface area contributed by atoms with Crippen LogP contribution in [0.1, 0.15) is 31.4 Å². The van der Waals surface area contributed by atoms with Crippen LogP contribution < -0.4 is 10.5 Å². The summed E-state index contributed by atoms with van der Waals surface area (Å²) in [5, 5.41) is 0. The first kappa shape index (κ1) is 15.4. The van der Waals surface area contributed by atoms with Crippen molar-refractivity contribution in [2.45, 2.75) is 36.7 Å². The predicted molar refractivity (Wildman–Crippen MR) is 79.9 cm³/mol. The number of hydrogen-bond donors (Lipinski definition) is 2. The van der Waals surface area contributed by atoms with E-state index in [0.717, 1.165) is 12.1 Å². The number of nitrogens with one attached hydrogen (secondary N) is 1. The van der Waals surface area contributed by atoms with E-state index in [9.17, 15) is 8.42 Å². The number of likely N-dealkylation sites (N-methyl/N-ethyl adjacent to an activating group) is 1. The van der Waals surface area contributed by atoms with Gasteiger partial charge >= 0.3 is 0 Å². The van der Waals surface area contributed by atoms with Gasteiger partial charge in [-0.15, -0.1) is 0 Å². The smallest absolute Gasteiger partial charge is 0.240 e. The maximum absolute atomic E-state index is 12.1. The second kappa shape index (κ2) is 6.22. The first-order chi connectivity index (χ1) is 9.40. The van der Waals surface area contributed by atoms with E-state index < -0.39 is 10.0 Å². The third-order valence-electron chi connectivity index (χ3n) is 3.64. The van der Waals surface area contributed by atoms with Gasteiger partial charge in [-0.1, -0.05) is 12.1 Å². The SMILES string of the molecule is CC(N)c1ccc(S(=O)(=O)NCCN(C)C2CC2)cc1. The number of nitrogens with two attached hydrogens (primary N) is 1. The van der Waals surface area contributed by atoms with Crippen LogP contribution in [0.4, 0.5) is 0 Å². The molecule has 1 aromatic carbocycles. The topological polar surface area (TPSA) is 75.4 Å². The van der Waals surface area contributed by atoms with Crippen molar-refractivity contribution in [3.05, 3.63) is 29.8 Å². The molecule has 0 saturated heterocycles. The number of benzene rings is 1. The van der Waals surface area contributed by atoms with Gasteiger partial charge in [0.05, 0.1) is 4.90 Å². The summed E-state index contributed by atoms with van der Waals surface area (Å²) < 4.78 is 26.9. The lowest BCUT2D eigenvalue weighted by molar-refractivity contribution is 0.329. The van der Waals surface area contributed by atoms with Crippen molar-refractivity contribution >= 4 is 10.0 Å². The molecule has 2 rings (SSSR count). The summed E-state index contributed by atoms with van der Waals surface area (Å²) in [7, 11) is -1.39. The summed E-state index contributed by atoms with van der Waals surface area (Å²) >= 11 is 0. The molecule has 0 aliphatic heterocycles. The number of hydrogen-bond acceptors (Lipinski definition) is 4. The summed E-state index contributed by atoms with van der Waals surface area (Å²) in [6.45, 7) is 3.04. The minimum absolute atomic E-state index is 0.0908. The summed E-state index contributed by atoms with van der Waals surface area (Å²) in [5.41, 5.74) is 6.68. The fourth-order valence-electron chi connectivity index (χ4n) is 2.09. The molecule has 1 aliphatic carbocycles. The van der Waals surface area contributed by atoms with E-state index in [1.54, 1.807) is 24.3 Å². The molecule has 0 heterocycles. The zero-order valence-electron chi connectivity index (χ0n) is 12.0. The van der Waals surface area contributed by atoms with E-state index in [0.29, 0.717) is 12.6 Å². The Kier molecular flexibility index (Phi) is 4.80. The molecule has 0 spiro atoms. The van der Waals surface area contributed by atoms with Crippen molar-refractivity contribution in [1.29, 1.82) is 0 Å². The zero-order chi connectivity index (χ0) is 14.8. The van der Waals surface area contributed by atoms with Crippen LogP contribution in [0.5, 0.6) is 0 Å². The average Bonchev–Trinajstić information content (AvgIpc) is 3.22. The van der Waals surface area contributed by atoms with E-state index in [4.69, 9.17) is 5.73 Å². The molecular formula is C14H23N3O2S. The Balaban J connectivity index is 1.91. The second-order valence-corrected chi connectivity index (χ2v) is 7.23. The lowest BCUT2D eigenvalue weighted by Gasteiger charge is -2.16. The monoisotopic (exact) mass is 297 g/mol. The molecule has 5 nitrogen and oxygen atoms in total. The van der Waals surface area contributed by atoms with Crippen molar-refractivity contribution in [3.63, 3.8) is 0 Å².